The summed E-state index contributed by atoms with van der Waals surface area (Å²) in [5, 5.41) is 42.1. The highest BCUT2D eigenvalue weighted by Gasteiger charge is 2.30. The molecule has 0 heterocycles. The first-order chi connectivity index (χ1) is 15.3. The van der Waals surface area contributed by atoms with Gasteiger partial charge in [0.15, 0.2) is 0 Å². The number of aliphatic hydroxyl groups is 1. The molecular formula is C17H27N5O11. The van der Waals surface area contributed by atoms with Crippen LogP contribution >= 0.6 is 0 Å². The van der Waals surface area contributed by atoms with E-state index < -0.39 is 104 Å². The third-order valence-electron chi connectivity index (χ3n) is 4.11. The number of nitrogens with two attached hydrogens (primary N) is 2. The van der Waals surface area contributed by atoms with Crippen LogP contribution < -0.4 is 27.4 Å². The fourth-order valence-corrected chi connectivity index (χ4v) is 2.39. The number of hydrogen-bond acceptors (Lipinski definition) is 9. The second kappa shape index (κ2) is 14.3. The van der Waals surface area contributed by atoms with Crippen molar-refractivity contribution >= 4 is 41.5 Å². The van der Waals surface area contributed by atoms with Crippen molar-refractivity contribution in [1.29, 1.82) is 0 Å². The molecule has 0 aliphatic carbocycles. The minimum atomic E-state index is -1.72. The molecule has 0 aromatic carbocycles. The number of hydrogen-bond donors (Lipinski definition) is 9. The van der Waals surface area contributed by atoms with Gasteiger partial charge >= 0.3 is 17.9 Å². The maximum atomic E-state index is 12.5. The number of carboxylic acids is 3. The van der Waals surface area contributed by atoms with Crippen LogP contribution in [-0.4, -0.2) is 92.7 Å². The Morgan fingerprint density at radius 1 is 0.697 bits per heavy atom. The van der Waals surface area contributed by atoms with Gasteiger partial charge in [0.2, 0.25) is 23.6 Å². The van der Waals surface area contributed by atoms with E-state index in [1.807, 2.05) is 10.6 Å². The Balaban J connectivity index is 5.31. The van der Waals surface area contributed by atoms with E-state index in [0.717, 1.165) is 0 Å². The summed E-state index contributed by atoms with van der Waals surface area (Å²) in [6.07, 6.45) is -2.66. The van der Waals surface area contributed by atoms with Gasteiger partial charge < -0.3 is 47.8 Å². The van der Waals surface area contributed by atoms with Crippen LogP contribution in [0.3, 0.4) is 0 Å². The van der Waals surface area contributed by atoms with Crippen molar-refractivity contribution in [2.24, 2.45) is 11.5 Å². The third kappa shape index (κ3) is 12.0. The molecule has 0 aromatic rings. The Morgan fingerprint density at radius 2 is 1.12 bits per heavy atom. The van der Waals surface area contributed by atoms with Crippen molar-refractivity contribution in [1.82, 2.24) is 16.0 Å². The average molecular weight is 477 g/mol. The van der Waals surface area contributed by atoms with Crippen LogP contribution in [0.5, 0.6) is 0 Å². The molecule has 11 N–H and O–H groups in total. The SMILES string of the molecule is NC(=O)CC(N)C(=O)NC(CCC(=O)O)C(=O)NC(CO)C(=O)NC(CCC(=O)O)C(=O)O. The minimum Gasteiger partial charge on any atom is -0.481 e. The molecular weight excluding hydrogens is 450 g/mol. The number of carbonyl (C=O) groups excluding carboxylic acids is 4. The molecule has 0 spiro atoms. The van der Waals surface area contributed by atoms with Gasteiger partial charge in [-0.15, -0.1) is 0 Å². The molecule has 0 radical (unpaired) electrons. The van der Waals surface area contributed by atoms with Gasteiger partial charge in [-0.3, -0.25) is 28.8 Å². The molecule has 0 fully saturated rings. The predicted octanol–water partition coefficient (Wildman–Crippen LogP) is -4.55. The first-order valence-corrected chi connectivity index (χ1v) is 9.50. The number of nitrogens with one attached hydrogen (secondary N) is 3. The highest BCUT2D eigenvalue weighted by molar-refractivity contribution is 5.95. The Bertz CT molecular complexity index is 772. The highest BCUT2D eigenvalue weighted by atomic mass is 16.4. The summed E-state index contributed by atoms with van der Waals surface area (Å²) in [7, 11) is 0. The lowest BCUT2D eigenvalue weighted by atomic mass is 10.1. The lowest BCUT2D eigenvalue weighted by Gasteiger charge is -2.24. The van der Waals surface area contributed by atoms with Crippen LogP contribution in [0.15, 0.2) is 0 Å². The van der Waals surface area contributed by atoms with E-state index in [1.165, 1.54) is 0 Å². The highest BCUT2D eigenvalue weighted by Crippen LogP contribution is 2.03. The number of primary amides is 1. The molecule has 16 nitrogen and oxygen atoms in total. The van der Waals surface area contributed by atoms with Gasteiger partial charge in [0.1, 0.15) is 18.1 Å². The van der Waals surface area contributed by atoms with Gasteiger partial charge in [0.25, 0.3) is 0 Å². The van der Waals surface area contributed by atoms with E-state index in [2.05, 4.69) is 5.32 Å². The molecule has 0 bridgehead atoms. The topological polar surface area (TPSA) is 289 Å². The zero-order valence-corrected chi connectivity index (χ0v) is 17.4. The van der Waals surface area contributed by atoms with Gasteiger partial charge in [-0.25, -0.2) is 4.79 Å². The van der Waals surface area contributed by atoms with E-state index >= 15 is 0 Å². The average Bonchev–Trinajstić information content (AvgIpc) is 2.70. The first kappa shape index (κ1) is 29.2. The van der Waals surface area contributed by atoms with Gasteiger partial charge in [0.05, 0.1) is 19.1 Å². The molecule has 4 atom stereocenters. The molecule has 4 unspecified atom stereocenters. The fraction of sp³-hybridized carbons (Fsp3) is 0.588. The first-order valence-electron chi connectivity index (χ1n) is 9.50. The number of carbonyl (C=O) groups is 7. The van der Waals surface area contributed by atoms with Crippen molar-refractivity contribution in [3.05, 3.63) is 0 Å². The normalized spacial score (nSPS) is 14.1. The summed E-state index contributed by atoms with van der Waals surface area (Å²) in [6, 6.07) is -6.33. The fourth-order valence-electron chi connectivity index (χ4n) is 2.39. The molecule has 0 aliphatic rings. The van der Waals surface area contributed by atoms with Crippen LogP contribution in [0.2, 0.25) is 0 Å². The zero-order chi connectivity index (χ0) is 25.7. The van der Waals surface area contributed by atoms with Crippen molar-refractivity contribution < 1.29 is 54.0 Å². The molecule has 0 aromatic heterocycles. The molecule has 0 aliphatic heterocycles. The van der Waals surface area contributed by atoms with Crippen molar-refractivity contribution in [2.75, 3.05) is 6.61 Å². The van der Waals surface area contributed by atoms with Crippen LogP contribution in [0, 0.1) is 0 Å². The Hall–Kier alpha value is -3.79. The molecule has 186 valence electrons. The van der Waals surface area contributed by atoms with Crippen LogP contribution in [0.25, 0.3) is 0 Å². The standard InChI is InChI=1S/C17H27N5O11/c18-7(5-11(19)24)14(29)20-8(1-3-12(25)26)15(30)22-10(6-23)16(31)21-9(17(32)33)2-4-13(27)28/h7-10,23H,1-6,18H2,(H2,19,24)(H,20,29)(H,21,31)(H,22,30)(H,25,26)(H,27,28)(H,32,33). The van der Waals surface area contributed by atoms with E-state index in [0.29, 0.717) is 0 Å². The van der Waals surface area contributed by atoms with Gasteiger partial charge in [-0.05, 0) is 12.8 Å². The Kier molecular flexibility index (Phi) is 12.7. The van der Waals surface area contributed by atoms with Crippen LogP contribution in [0.1, 0.15) is 32.1 Å². The minimum absolute atomic E-state index is 0.452. The van der Waals surface area contributed by atoms with Crippen molar-refractivity contribution in [2.45, 2.75) is 56.3 Å². The summed E-state index contributed by atoms with van der Waals surface area (Å²) in [5.41, 5.74) is 10.4. The number of aliphatic carboxylic acids is 3. The predicted molar refractivity (Wildman–Crippen MR) is 106 cm³/mol. The second-order valence-electron chi connectivity index (χ2n) is 6.85. The monoisotopic (exact) mass is 477 g/mol. The van der Waals surface area contributed by atoms with E-state index in [-0.39, 0.29) is 0 Å². The molecule has 0 rings (SSSR count). The Labute approximate surface area is 186 Å². The summed E-state index contributed by atoms with van der Waals surface area (Å²) >= 11 is 0. The number of rotatable bonds is 16. The summed E-state index contributed by atoms with van der Waals surface area (Å²) in [5.74, 6) is -8.37. The number of aliphatic hydroxyl groups excluding tert-OH is 1. The van der Waals surface area contributed by atoms with E-state index in [1.54, 1.807) is 0 Å². The van der Waals surface area contributed by atoms with Gasteiger partial charge in [0, 0.05) is 12.8 Å². The molecule has 4 amide bonds. The lowest BCUT2D eigenvalue weighted by Crippen LogP contribution is -2.58. The number of amides is 4. The number of carboxylic acid groups (broad SMARTS) is 3. The quantitative estimate of drug-likeness (QED) is 0.101. The molecule has 33 heavy (non-hydrogen) atoms. The Morgan fingerprint density at radius 3 is 1.55 bits per heavy atom. The third-order valence-corrected chi connectivity index (χ3v) is 4.11. The van der Waals surface area contributed by atoms with Gasteiger partial charge in [-0.1, -0.05) is 0 Å². The van der Waals surface area contributed by atoms with Crippen molar-refractivity contribution in [3.63, 3.8) is 0 Å². The van der Waals surface area contributed by atoms with Gasteiger partial charge in [-0.2, -0.15) is 0 Å². The maximum Gasteiger partial charge on any atom is 0.326 e. The molecule has 0 saturated heterocycles. The van der Waals surface area contributed by atoms with E-state index in [4.69, 9.17) is 26.8 Å². The van der Waals surface area contributed by atoms with Crippen molar-refractivity contribution in [3.8, 4) is 0 Å². The zero-order valence-electron chi connectivity index (χ0n) is 17.4. The van der Waals surface area contributed by atoms with Crippen LogP contribution in [0.4, 0.5) is 0 Å². The van der Waals surface area contributed by atoms with Crippen LogP contribution in [-0.2, 0) is 33.6 Å². The summed E-state index contributed by atoms with van der Waals surface area (Å²) in [4.78, 5) is 80.4. The lowest BCUT2D eigenvalue weighted by molar-refractivity contribution is -0.143. The maximum absolute atomic E-state index is 12.5. The molecule has 16 heteroatoms. The summed E-state index contributed by atoms with van der Waals surface area (Å²) in [6.45, 7) is -1.01. The van der Waals surface area contributed by atoms with E-state index in [9.17, 15) is 38.7 Å². The second-order valence-corrected chi connectivity index (χ2v) is 6.85. The molecule has 0 saturated carbocycles. The smallest absolute Gasteiger partial charge is 0.326 e. The summed E-state index contributed by atoms with van der Waals surface area (Å²) < 4.78 is 0. The largest absolute Gasteiger partial charge is 0.481 e.